The number of sulfonamides is 1. The smallest absolute Gasteiger partial charge is 0.243 e. The Bertz CT molecular complexity index is 607. The molecule has 7 heteroatoms. The summed E-state index contributed by atoms with van der Waals surface area (Å²) in [5, 5.41) is 0. The van der Waals surface area contributed by atoms with Gasteiger partial charge >= 0.3 is 0 Å². The number of hydrogen-bond acceptors (Lipinski definition) is 4. The fraction of sp³-hybridized carbons (Fsp3) is 0.625. The van der Waals surface area contributed by atoms with Crippen molar-refractivity contribution in [1.29, 1.82) is 0 Å². The third kappa shape index (κ3) is 4.09. The Morgan fingerprint density at radius 2 is 1.83 bits per heavy atom. The topological polar surface area (TPSA) is 49.9 Å². The van der Waals surface area contributed by atoms with Crippen molar-refractivity contribution < 1.29 is 17.5 Å². The van der Waals surface area contributed by atoms with Gasteiger partial charge in [0.05, 0.1) is 11.0 Å². The van der Waals surface area contributed by atoms with Gasteiger partial charge < -0.3 is 9.64 Å². The van der Waals surface area contributed by atoms with Crippen LogP contribution in [0.3, 0.4) is 0 Å². The van der Waals surface area contributed by atoms with Crippen LogP contribution in [-0.4, -0.2) is 63.1 Å². The van der Waals surface area contributed by atoms with E-state index in [0.29, 0.717) is 19.2 Å². The minimum absolute atomic E-state index is 0.159. The highest BCUT2D eigenvalue weighted by Gasteiger charge is 2.28. The van der Waals surface area contributed by atoms with Crippen LogP contribution in [0.1, 0.15) is 19.3 Å². The molecule has 0 aromatic heterocycles. The minimum Gasteiger partial charge on any atom is -0.378 e. The molecule has 0 saturated carbocycles. The summed E-state index contributed by atoms with van der Waals surface area (Å²) in [5.74, 6) is -0.428. The summed E-state index contributed by atoms with van der Waals surface area (Å²) in [6.45, 7) is 4.24. The van der Waals surface area contributed by atoms with Crippen molar-refractivity contribution in [3.8, 4) is 0 Å². The second kappa shape index (κ2) is 7.25. The molecule has 0 amide bonds. The van der Waals surface area contributed by atoms with Gasteiger partial charge in [0.15, 0.2) is 0 Å². The van der Waals surface area contributed by atoms with Crippen LogP contribution in [0, 0.1) is 5.82 Å². The lowest BCUT2D eigenvalue weighted by Crippen LogP contribution is -2.49. The molecule has 1 atom stereocenters. The van der Waals surface area contributed by atoms with E-state index in [2.05, 4.69) is 4.90 Å². The van der Waals surface area contributed by atoms with Crippen molar-refractivity contribution in [2.24, 2.45) is 0 Å². The van der Waals surface area contributed by atoms with Crippen LogP contribution in [0.5, 0.6) is 0 Å². The maximum atomic E-state index is 13.0. The molecule has 2 heterocycles. The zero-order valence-electron chi connectivity index (χ0n) is 13.2. The predicted molar refractivity (Wildman–Crippen MR) is 85.2 cm³/mol. The van der Waals surface area contributed by atoms with Crippen molar-refractivity contribution in [3.63, 3.8) is 0 Å². The lowest BCUT2D eigenvalue weighted by atomic mass is 10.1. The molecule has 0 spiro atoms. The first-order valence-corrected chi connectivity index (χ1v) is 9.59. The Kier molecular flexibility index (Phi) is 5.31. The maximum Gasteiger partial charge on any atom is 0.243 e. The zero-order chi connectivity index (χ0) is 16.3. The quantitative estimate of drug-likeness (QED) is 0.817. The van der Waals surface area contributed by atoms with E-state index >= 15 is 0 Å². The van der Waals surface area contributed by atoms with Gasteiger partial charge in [0, 0.05) is 39.3 Å². The molecule has 1 unspecified atom stereocenters. The van der Waals surface area contributed by atoms with Gasteiger partial charge in [0.2, 0.25) is 10.0 Å². The number of ether oxygens (including phenoxy) is 1. The van der Waals surface area contributed by atoms with Gasteiger partial charge in [-0.25, -0.2) is 12.8 Å². The van der Waals surface area contributed by atoms with Crippen LogP contribution in [0.15, 0.2) is 29.2 Å². The van der Waals surface area contributed by atoms with E-state index in [1.54, 1.807) is 0 Å². The van der Waals surface area contributed by atoms with Gasteiger partial charge in [0.25, 0.3) is 0 Å². The molecular formula is C16H23FN2O3S. The number of nitrogens with zero attached hydrogens (tertiary/aromatic N) is 2. The second-order valence-corrected chi connectivity index (χ2v) is 8.06. The highest BCUT2D eigenvalue weighted by Crippen LogP contribution is 2.19. The summed E-state index contributed by atoms with van der Waals surface area (Å²) in [5.41, 5.74) is 0. The highest BCUT2D eigenvalue weighted by atomic mass is 32.2. The first kappa shape index (κ1) is 16.8. The van der Waals surface area contributed by atoms with Crippen LogP contribution in [0.25, 0.3) is 0 Å². The van der Waals surface area contributed by atoms with E-state index in [9.17, 15) is 12.8 Å². The average Bonchev–Trinajstić information content (AvgIpc) is 3.07. The summed E-state index contributed by atoms with van der Waals surface area (Å²) < 4.78 is 45.1. The molecule has 1 aromatic rings. The van der Waals surface area contributed by atoms with E-state index in [0.717, 1.165) is 45.5 Å². The van der Waals surface area contributed by atoms with E-state index in [1.165, 1.54) is 28.6 Å². The average molecular weight is 342 g/mol. The molecule has 2 fully saturated rings. The highest BCUT2D eigenvalue weighted by molar-refractivity contribution is 7.89. The van der Waals surface area contributed by atoms with Gasteiger partial charge in [-0.15, -0.1) is 0 Å². The van der Waals surface area contributed by atoms with Gasteiger partial charge in [-0.3, -0.25) is 0 Å². The number of rotatable bonds is 5. The Labute approximate surface area is 137 Å². The van der Waals surface area contributed by atoms with E-state index in [4.69, 9.17) is 4.74 Å². The van der Waals surface area contributed by atoms with Gasteiger partial charge in [0.1, 0.15) is 5.82 Å². The number of hydrogen-bond donors (Lipinski definition) is 0. The second-order valence-electron chi connectivity index (χ2n) is 6.12. The molecular weight excluding hydrogens is 319 g/mol. The van der Waals surface area contributed by atoms with Gasteiger partial charge in [-0.2, -0.15) is 4.31 Å². The normalized spacial score (nSPS) is 24.1. The Hall–Kier alpha value is -1.02. The minimum atomic E-state index is -3.52. The van der Waals surface area contributed by atoms with Crippen LogP contribution in [-0.2, 0) is 14.8 Å². The van der Waals surface area contributed by atoms with Gasteiger partial charge in [-0.1, -0.05) is 0 Å². The molecule has 1 aromatic carbocycles. The summed E-state index contributed by atoms with van der Waals surface area (Å²) in [6.07, 6.45) is 3.67. The SMILES string of the molecule is O=S(=O)(c1ccc(F)cc1)N1CCN(CCC2CCCO2)CC1. The van der Waals surface area contributed by atoms with Crippen LogP contribution >= 0.6 is 0 Å². The molecule has 2 saturated heterocycles. The fourth-order valence-corrected chi connectivity index (χ4v) is 4.57. The number of piperazine rings is 1. The standard InChI is InChI=1S/C16H23FN2O3S/c17-14-3-5-16(6-4-14)23(20,21)19-11-9-18(10-12-19)8-7-15-2-1-13-22-15/h3-6,15H,1-2,7-13H2. The summed E-state index contributed by atoms with van der Waals surface area (Å²) >= 11 is 0. The summed E-state index contributed by atoms with van der Waals surface area (Å²) in [4.78, 5) is 2.45. The lowest BCUT2D eigenvalue weighted by Gasteiger charge is -2.34. The third-order valence-electron chi connectivity index (χ3n) is 4.57. The van der Waals surface area contributed by atoms with Crippen molar-refractivity contribution in [1.82, 2.24) is 9.21 Å². The predicted octanol–water partition coefficient (Wildman–Crippen LogP) is 1.70. The van der Waals surface area contributed by atoms with Crippen molar-refractivity contribution in [2.45, 2.75) is 30.3 Å². The van der Waals surface area contributed by atoms with Crippen LogP contribution < -0.4 is 0 Å². The molecule has 3 rings (SSSR count). The molecule has 2 aliphatic heterocycles. The lowest BCUT2D eigenvalue weighted by molar-refractivity contribution is 0.0860. The summed E-state index contributed by atoms with van der Waals surface area (Å²) in [7, 11) is -3.52. The van der Waals surface area contributed by atoms with E-state index < -0.39 is 15.8 Å². The largest absolute Gasteiger partial charge is 0.378 e. The maximum absolute atomic E-state index is 13.0. The molecule has 5 nitrogen and oxygen atoms in total. The van der Waals surface area contributed by atoms with Crippen LogP contribution in [0.2, 0.25) is 0 Å². The van der Waals surface area contributed by atoms with Crippen molar-refractivity contribution in [2.75, 3.05) is 39.3 Å². The first-order valence-electron chi connectivity index (χ1n) is 8.15. The molecule has 128 valence electrons. The Balaban J connectivity index is 1.52. The fourth-order valence-electron chi connectivity index (χ4n) is 3.15. The first-order chi connectivity index (χ1) is 11.1. The monoisotopic (exact) mass is 342 g/mol. The van der Waals surface area contributed by atoms with Crippen molar-refractivity contribution >= 4 is 10.0 Å². The number of benzene rings is 1. The zero-order valence-corrected chi connectivity index (χ0v) is 14.0. The molecule has 0 N–H and O–H groups in total. The van der Waals surface area contributed by atoms with Crippen molar-refractivity contribution in [3.05, 3.63) is 30.1 Å². The summed E-state index contributed by atoms with van der Waals surface area (Å²) in [6, 6.07) is 5.03. The van der Waals surface area contributed by atoms with Gasteiger partial charge in [-0.05, 0) is 43.5 Å². The van der Waals surface area contributed by atoms with E-state index in [1.807, 2.05) is 0 Å². The molecule has 2 aliphatic rings. The third-order valence-corrected chi connectivity index (χ3v) is 6.49. The molecule has 0 aliphatic carbocycles. The molecule has 0 radical (unpaired) electrons. The molecule has 23 heavy (non-hydrogen) atoms. The molecule has 0 bridgehead atoms. The Morgan fingerprint density at radius 3 is 2.43 bits per heavy atom. The van der Waals surface area contributed by atoms with Crippen LogP contribution in [0.4, 0.5) is 4.39 Å². The Morgan fingerprint density at radius 1 is 1.13 bits per heavy atom. The van der Waals surface area contributed by atoms with E-state index in [-0.39, 0.29) is 4.90 Å². The number of halogens is 1.